The normalized spacial score (nSPS) is 16.4. The average Bonchev–Trinajstić information content (AvgIpc) is 3.21. The molecule has 1 aliphatic heterocycles. The Kier molecular flexibility index (Phi) is 4.78. The Morgan fingerprint density at radius 1 is 1.07 bits per heavy atom. The van der Waals surface area contributed by atoms with Crippen molar-refractivity contribution in [3.05, 3.63) is 72.2 Å². The molecule has 1 atom stereocenters. The quantitative estimate of drug-likeness (QED) is 0.776. The minimum atomic E-state index is -0.109. The van der Waals surface area contributed by atoms with Gasteiger partial charge in [-0.15, -0.1) is 0 Å². The molecule has 1 N–H and O–H groups in total. The van der Waals surface area contributed by atoms with E-state index in [1.54, 1.807) is 30.7 Å². The Labute approximate surface area is 157 Å². The van der Waals surface area contributed by atoms with E-state index in [1.807, 2.05) is 35.2 Å². The fraction of sp³-hybridized carbons (Fsp3) is 0.238. The van der Waals surface area contributed by atoms with Crippen LogP contribution < -0.4 is 5.32 Å². The summed E-state index contributed by atoms with van der Waals surface area (Å²) < 4.78 is 0. The number of carbonyl (C=O) groups is 2. The monoisotopic (exact) mass is 360 g/mol. The number of benzene rings is 1. The molecule has 0 aliphatic carbocycles. The molecule has 2 amide bonds. The number of pyridine rings is 2. The molecule has 0 radical (unpaired) electrons. The first-order valence-corrected chi connectivity index (χ1v) is 9.03. The summed E-state index contributed by atoms with van der Waals surface area (Å²) in [4.78, 5) is 35.0. The lowest BCUT2D eigenvalue weighted by atomic mass is 10.1. The van der Waals surface area contributed by atoms with Gasteiger partial charge in [-0.05, 0) is 42.7 Å². The molecule has 2 aromatic heterocycles. The third kappa shape index (κ3) is 3.79. The molecule has 0 spiro atoms. The molecular weight excluding hydrogens is 340 g/mol. The van der Waals surface area contributed by atoms with Gasteiger partial charge in [0.1, 0.15) is 0 Å². The number of likely N-dealkylation sites (tertiary alicyclic amines) is 1. The van der Waals surface area contributed by atoms with Crippen LogP contribution >= 0.6 is 0 Å². The van der Waals surface area contributed by atoms with Crippen LogP contribution in [-0.2, 0) is 0 Å². The second kappa shape index (κ2) is 7.53. The maximum atomic E-state index is 12.8. The minimum absolute atomic E-state index is 0.0190. The summed E-state index contributed by atoms with van der Waals surface area (Å²) >= 11 is 0. The summed E-state index contributed by atoms with van der Waals surface area (Å²) in [6.45, 7) is 1.91. The van der Waals surface area contributed by atoms with Gasteiger partial charge in [0.25, 0.3) is 11.8 Å². The zero-order valence-electron chi connectivity index (χ0n) is 14.8. The van der Waals surface area contributed by atoms with E-state index in [2.05, 4.69) is 15.3 Å². The number of nitrogens with one attached hydrogen (secondary N) is 1. The van der Waals surface area contributed by atoms with Crippen LogP contribution in [0.1, 0.15) is 27.1 Å². The molecule has 0 unspecified atom stereocenters. The SMILES string of the molecule is O=C(NC[C@H]1CCN(C(=O)c2ccc3cccnc3c2)C1)c1ccncc1. The van der Waals surface area contributed by atoms with Crippen LogP contribution in [0.3, 0.4) is 0 Å². The van der Waals surface area contributed by atoms with Crippen LogP contribution in [0.2, 0.25) is 0 Å². The van der Waals surface area contributed by atoms with E-state index >= 15 is 0 Å². The van der Waals surface area contributed by atoms with Crippen molar-refractivity contribution in [2.45, 2.75) is 6.42 Å². The molecule has 1 saturated heterocycles. The van der Waals surface area contributed by atoms with Gasteiger partial charge < -0.3 is 10.2 Å². The van der Waals surface area contributed by atoms with Gasteiger partial charge >= 0.3 is 0 Å². The van der Waals surface area contributed by atoms with Crippen LogP contribution in [0.4, 0.5) is 0 Å². The van der Waals surface area contributed by atoms with Gasteiger partial charge in [0.2, 0.25) is 0 Å². The Hall–Kier alpha value is -3.28. The summed E-state index contributed by atoms with van der Waals surface area (Å²) in [6, 6.07) is 12.9. The lowest BCUT2D eigenvalue weighted by Gasteiger charge is -2.17. The largest absolute Gasteiger partial charge is 0.352 e. The van der Waals surface area contributed by atoms with E-state index in [0.717, 1.165) is 17.3 Å². The van der Waals surface area contributed by atoms with Crippen molar-refractivity contribution in [1.82, 2.24) is 20.2 Å². The lowest BCUT2D eigenvalue weighted by molar-refractivity contribution is 0.0787. The van der Waals surface area contributed by atoms with Crippen molar-refractivity contribution in [2.75, 3.05) is 19.6 Å². The molecule has 3 aromatic rings. The number of rotatable bonds is 4. The zero-order valence-corrected chi connectivity index (χ0v) is 14.8. The van der Waals surface area contributed by atoms with Crippen molar-refractivity contribution in [2.24, 2.45) is 5.92 Å². The fourth-order valence-electron chi connectivity index (χ4n) is 3.41. The third-order valence-electron chi connectivity index (χ3n) is 4.92. The fourth-order valence-corrected chi connectivity index (χ4v) is 3.41. The smallest absolute Gasteiger partial charge is 0.253 e. The van der Waals surface area contributed by atoms with Gasteiger partial charge in [-0.2, -0.15) is 0 Å². The highest BCUT2D eigenvalue weighted by Gasteiger charge is 2.27. The van der Waals surface area contributed by atoms with E-state index in [4.69, 9.17) is 0 Å². The highest BCUT2D eigenvalue weighted by Crippen LogP contribution is 2.20. The van der Waals surface area contributed by atoms with E-state index in [0.29, 0.717) is 30.8 Å². The molecule has 3 heterocycles. The highest BCUT2D eigenvalue weighted by molar-refractivity contribution is 5.98. The Bertz CT molecular complexity index is 974. The van der Waals surface area contributed by atoms with Gasteiger partial charge in [0.15, 0.2) is 0 Å². The van der Waals surface area contributed by atoms with Gasteiger partial charge in [0, 0.05) is 54.7 Å². The first kappa shape index (κ1) is 17.1. The van der Waals surface area contributed by atoms with Gasteiger partial charge in [0.05, 0.1) is 5.52 Å². The highest BCUT2D eigenvalue weighted by atomic mass is 16.2. The number of nitrogens with zero attached hydrogens (tertiary/aromatic N) is 3. The predicted molar refractivity (Wildman–Crippen MR) is 102 cm³/mol. The minimum Gasteiger partial charge on any atom is -0.352 e. The van der Waals surface area contributed by atoms with E-state index in [9.17, 15) is 9.59 Å². The van der Waals surface area contributed by atoms with Crippen LogP contribution in [0.15, 0.2) is 61.1 Å². The summed E-state index contributed by atoms with van der Waals surface area (Å²) in [5, 5.41) is 3.97. The second-order valence-electron chi connectivity index (χ2n) is 6.76. The number of fused-ring (bicyclic) bond motifs is 1. The summed E-state index contributed by atoms with van der Waals surface area (Å²) in [5.74, 6) is 0.173. The second-order valence-corrected chi connectivity index (χ2v) is 6.76. The molecule has 136 valence electrons. The molecule has 1 aliphatic rings. The standard InChI is InChI=1S/C21H20N4O2/c26-20(17-5-9-22-10-6-17)24-13-15-7-11-25(14-15)21(27)18-4-3-16-2-1-8-23-19(16)12-18/h1-6,8-10,12,15H,7,11,13-14H2,(H,24,26)/t15-/m1/s1. The van der Waals surface area contributed by atoms with Crippen LogP contribution in [-0.4, -0.2) is 46.3 Å². The maximum Gasteiger partial charge on any atom is 0.253 e. The molecule has 0 saturated carbocycles. The van der Waals surface area contributed by atoms with E-state index in [-0.39, 0.29) is 17.7 Å². The molecule has 1 aromatic carbocycles. The average molecular weight is 360 g/mol. The Morgan fingerprint density at radius 3 is 2.78 bits per heavy atom. The van der Waals surface area contributed by atoms with Crippen LogP contribution in [0.5, 0.6) is 0 Å². The number of hydrogen-bond donors (Lipinski definition) is 1. The third-order valence-corrected chi connectivity index (χ3v) is 4.92. The van der Waals surface area contributed by atoms with Gasteiger partial charge in [-0.3, -0.25) is 19.6 Å². The summed E-state index contributed by atoms with van der Waals surface area (Å²) in [5.41, 5.74) is 2.07. The first-order chi connectivity index (χ1) is 13.2. The lowest BCUT2D eigenvalue weighted by Crippen LogP contribution is -2.33. The van der Waals surface area contributed by atoms with Crippen molar-refractivity contribution in [3.63, 3.8) is 0 Å². The van der Waals surface area contributed by atoms with Gasteiger partial charge in [-0.25, -0.2) is 0 Å². The summed E-state index contributed by atoms with van der Waals surface area (Å²) in [6.07, 6.45) is 5.81. The van der Waals surface area contributed by atoms with Crippen molar-refractivity contribution in [3.8, 4) is 0 Å². The van der Waals surface area contributed by atoms with Crippen LogP contribution in [0.25, 0.3) is 10.9 Å². The van der Waals surface area contributed by atoms with Gasteiger partial charge in [-0.1, -0.05) is 12.1 Å². The Balaban J connectivity index is 1.35. The number of hydrogen-bond acceptors (Lipinski definition) is 4. The first-order valence-electron chi connectivity index (χ1n) is 9.03. The van der Waals surface area contributed by atoms with Crippen molar-refractivity contribution < 1.29 is 9.59 Å². The predicted octanol–water partition coefficient (Wildman–Crippen LogP) is 2.52. The molecular formula is C21H20N4O2. The summed E-state index contributed by atoms with van der Waals surface area (Å²) in [7, 11) is 0. The molecule has 4 rings (SSSR count). The zero-order chi connectivity index (χ0) is 18.6. The Morgan fingerprint density at radius 2 is 1.93 bits per heavy atom. The topological polar surface area (TPSA) is 75.2 Å². The van der Waals surface area contributed by atoms with Crippen molar-refractivity contribution >= 4 is 22.7 Å². The van der Waals surface area contributed by atoms with Crippen LogP contribution in [0, 0.1) is 5.92 Å². The molecule has 6 nitrogen and oxygen atoms in total. The molecule has 0 bridgehead atoms. The molecule has 1 fully saturated rings. The van der Waals surface area contributed by atoms with Crippen molar-refractivity contribution in [1.29, 1.82) is 0 Å². The number of amides is 2. The van der Waals surface area contributed by atoms with E-state index < -0.39 is 0 Å². The number of aromatic nitrogens is 2. The molecule has 6 heteroatoms. The maximum absolute atomic E-state index is 12.8. The van der Waals surface area contributed by atoms with E-state index in [1.165, 1.54) is 0 Å². The molecule has 27 heavy (non-hydrogen) atoms. The number of carbonyl (C=O) groups excluding carboxylic acids is 2.